The summed E-state index contributed by atoms with van der Waals surface area (Å²) >= 11 is 3.05. The molecule has 0 aliphatic rings. The van der Waals surface area contributed by atoms with Crippen molar-refractivity contribution in [2.75, 3.05) is 7.05 Å². The molecule has 122 valence electrons. The van der Waals surface area contributed by atoms with E-state index in [4.69, 9.17) is 4.52 Å². The fourth-order valence-corrected chi connectivity index (χ4v) is 3.50. The van der Waals surface area contributed by atoms with Crippen LogP contribution in [0.15, 0.2) is 27.0 Å². The molecule has 0 aromatic carbocycles. The number of likely N-dealkylation sites (N-methyl/N-ethyl adjacent to an activating group) is 1. The third-order valence-electron chi connectivity index (χ3n) is 3.32. The number of aromatic nitrogens is 4. The van der Waals surface area contributed by atoms with Gasteiger partial charge in [0.05, 0.1) is 11.4 Å². The zero-order chi connectivity index (χ0) is 16.2. The fourth-order valence-electron chi connectivity index (χ4n) is 2.01. The average Bonchev–Trinajstić information content (AvgIpc) is 3.16. The van der Waals surface area contributed by atoms with Crippen LogP contribution in [-0.2, 0) is 17.9 Å². The van der Waals surface area contributed by atoms with Gasteiger partial charge in [0, 0.05) is 35.9 Å². The van der Waals surface area contributed by atoms with Crippen LogP contribution in [-0.4, -0.2) is 32.6 Å². The van der Waals surface area contributed by atoms with Crippen molar-refractivity contribution >= 4 is 28.1 Å². The Morgan fingerprint density at radius 3 is 3.13 bits per heavy atom. The lowest BCUT2D eigenvalue weighted by Gasteiger charge is -2.04. The summed E-state index contributed by atoms with van der Waals surface area (Å²) in [6, 6.07) is 1.88. The molecule has 3 aromatic rings. The number of nitrogens with one attached hydrogen (secondary N) is 1. The molecule has 3 aromatic heterocycles. The summed E-state index contributed by atoms with van der Waals surface area (Å²) in [5, 5.41) is 8.96. The summed E-state index contributed by atoms with van der Waals surface area (Å²) in [7, 11) is 1.90. The van der Waals surface area contributed by atoms with Gasteiger partial charge in [-0.25, -0.2) is 4.98 Å². The van der Waals surface area contributed by atoms with E-state index in [1.165, 1.54) is 11.3 Å². The van der Waals surface area contributed by atoms with Gasteiger partial charge in [-0.05, 0) is 14.0 Å². The van der Waals surface area contributed by atoms with E-state index >= 15 is 0 Å². The summed E-state index contributed by atoms with van der Waals surface area (Å²) in [6.07, 6.45) is 2.47. The normalized spacial score (nSPS) is 12.8. The van der Waals surface area contributed by atoms with Crippen LogP contribution in [0.5, 0.6) is 0 Å². The molecule has 0 saturated carbocycles. The number of hydrogen-bond acceptors (Lipinski definition) is 8. The predicted molar refractivity (Wildman–Crippen MR) is 90.9 cm³/mol. The van der Waals surface area contributed by atoms with Crippen molar-refractivity contribution < 1.29 is 4.52 Å². The summed E-state index contributed by atoms with van der Waals surface area (Å²) in [5.41, 5.74) is 0.721. The van der Waals surface area contributed by atoms with E-state index < -0.39 is 0 Å². The third kappa shape index (κ3) is 3.98. The van der Waals surface area contributed by atoms with E-state index in [1.54, 1.807) is 28.4 Å². The Morgan fingerprint density at radius 1 is 1.43 bits per heavy atom. The molecule has 1 N–H and O–H groups in total. The van der Waals surface area contributed by atoms with Gasteiger partial charge < -0.3 is 9.84 Å². The molecule has 7 nitrogen and oxygen atoms in total. The van der Waals surface area contributed by atoms with Crippen molar-refractivity contribution in [3.05, 3.63) is 45.4 Å². The van der Waals surface area contributed by atoms with Crippen molar-refractivity contribution in [1.29, 1.82) is 0 Å². The number of thioether (sulfide) groups is 1. The van der Waals surface area contributed by atoms with Crippen LogP contribution >= 0.6 is 23.1 Å². The molecule has 0 bridgehead atoms. The van der Waals surface area contributed by atoms with Crippen LogP contribution in [0.1, 0.15) is 24.3 Å². The molecule has 3 heterocycles. The second-order valence-electron chi connectivity index (χ2n) is 5.13. The van der Waals surface area contributed by atoms with Gasteiger partial charge in [-0.2, -0.15) is 4.98 Å². The SMILES string of the molecule is CNC(C)Cc1noc(CSCc2cc(=O)n3ccsc3n2)n1. The first kappa shape index (κ1) is 16.2. The minimum absolute atomic E-state index is 0.0482. The van der Waals surface area contributed by atoms with Crippen LogP contribution in [0.4, 0.5) is 0 Å². The quantitative estimate of drug-likeness (QED) is 0.694. The summed E-state index contributed by atoms with van der Waals surface area (Å²) in [6.45, 7) is 2.07. The van der Waals surface area contributed by atoms with E-state index in [0.29, 0.717) is 34.2 Å². The molecule has 0 saturated heterocycles. The fraction of sp³-hybridized carbons (Fsp3) is 0.429. The molecule has 1 unspecified atom stereocenters. The Kier molecular flexibility index (Phi) is 5.09. The summed E-state index contributed by atoms with van der Waals surface area (Å²) in [4.78, 5) is 21.5. The van der Waals surface area contributed by atoms with Crippen LogP contribution in [0.3, 0.4) is 0 Å². The number of rotatable bonds is 7. The van der Waals surface area contributed by atoms with Crippen LogP contribution in [0.2, 0.25) is 0 Å². The van der Waals surface area contributed by atoms with Gasteiger partial charge in [0.2, 0.25) is 5.89 Å². The van der Waals surface area contributed by atoms with Crippen molar-refractivity contribution in [3.8, 4) is 0 Å². The van der Waals surface area contributed by atoms with Crippen molar-refractivity contribution in [1.82, 2.24) is 24.8 Å². The highest BCUT2D eigenvalue weighted by Gasteiger charge is 2.10. The van der Waals surface area contributed by atoms with Gasteiger partial charge in [0.1, 0.15) is 0 Å². The van der Waals surface area contributed by atoms with E-state index in [9.17, 15) is 4.79 Å². The summed E-state index contributed by atoms with van der Waals surface area (Å²) in [5.74, 6) is 2.54. The molecular formula is C14H17N5O2S2. The Balaban J connectivity index is 1.57. The van der Waals surface area contributed by atoms with Gasteiger partial charge in [-0.15, -0.1) is 23.1 Å². The van der Waals surface area contributed by atoms with E-state index in [2.05, 4.69) is 27.4 Å². The highest BCUT2D eigenvalue weighted by atomic mass is 32.2. The second-order valence-corrected chi connectivity index (χ2v) is 6.99. The topological polar surface area (TPSA) is 85.3 Å². The highest BCUT2D eigenvalue weighted by molar-refractivity contribution is 7.97. The zero-order valence-corrected chi connectivity index (χ0v) is 14.5. The Bertz CT molecular complexity index is 841. The first-order chi connectivity index (χ1) is 11.2. The van der Waals surface area contributed by atoms with Crippen LogP contribution in [0.25, 0.3) is 4.96 Å². The van der Waals surface area contributed by atoms with Crippen molar-refractivity contribution in [2.24, 2.45) is 0 Å². The number of fused-ring (bicyclic) bond motifs is 1. The van der Waals surface area contributed by atoms with E-state index in [-0.39, 0.29) is 5.56 Å². The van der Waals surface area contributed by atoms with Gasteiger partial charge >= 0.3 is 0 Å². The Hall–Kier alpha value is -1.71. The van der Waals surface area contributed by atoms with Crippen LogP contribution in [0, 0.1) is 0 Å². The molecule has 9 heteroatoms. The molecule has 1 atom stereocenters. The zero-order valence-electron chi connectivity index (χ0n) is 12.9. The van der Waals surface area contributed by atoms with Crippen LogP contribution < -0.4 is 10.9 Å². The average molecular weight is 351 g/mol. The smallest absolute Gasteiger partial charge is 0.258 e. The van der Waals surface area contributed by atoms with Gasteiger partial charge in [0.25, 0.3) is 5.56 Å². The largest absolute Gasteiger partial charge is 0.338 e. The maximum atomic E-state index is 11.9. The maximum Gasteiger partial charge on any atom is 0.258 e. The van der Waals surface area contributed by atoms with Gasteiger partial charge in [-0.1, -0.05) is 5.16 Å². The summed E-state index contributed by atoms with van der Waals surface area (Å²) < 4.78 is 6.78. The van der Waals surface area contributed by atoms with E-state index in [0.717, 1.165) is 12.1 Å². The molecule has 0 radical (unpaired) electrons. The maximum absolute atomic E-state index is 11.9. The molecule has 3 rings (SSSR count). The molecule has 0 amide bonds. The number of hydrogen-bond donors (Lipinski definition) is 1. The number of thiazole rings is 1. The first-order valence-electron chi connectivity index (χ1n) is 7.18. The third-order valence-corrected chi connectivity index (χ3v) is 5.03. The lowest BCUT2D eigenvalue weighted by molar-refractivity contribution is 0.382. The highest BCUT2D eigenvalue weighted by Crippen LogP contribution is 2.16. The Labute approximate surface area is 141 Å². The van der Waals surface area contributed by atoms with E-state index in [1.807, 2.05) is 12.4 Å². The minimum atomic E-state index is -0.0482. The molecular weight excluding hydrogens is 334 g/mol. The standard InChI is InChI=1S/C14H17N5O2S2/c1-9(15-2)5-11-17-12(21-18-11)8-22-7-10-6-13(20)19-3-4-23-14(19)16-10/h3-4,6,9,15H,5,7-8H2,1-2H3. The van der Waals surface area contributed by atoms with Crippen molar-refractivity contribution in [2.45, 2.75) is 30.9 Å². The first-order valence-corrected chi connectivity index (χ1v) is 9.21. The minimum Gasteiger partial charge on any atom is -0.338 e. The molecule has 23 heavy (non-hydrogen) atoms. The molecule has 0 aliphatic carbocycles. The molecule has 0 aliphatic heterocycles. The lowest BCUT2D eigenvalue weighted by Crippen LogP contribution is -2.24. The number of nitrogens with zero attached hydrogens (tertiary/aromatic N) is 4. The van der Waals surface area contributed by atoms with Gasteiger partial charge in [0.15, 0.2) is 10.8 Å². The predicted octanol–water partition coefficient (Wildman–Crippen LogP) is 1.72. The van der Waals surface area contributed by atoms with Crippen molar-refractivity contribution in [3.63, 3.8) is 0 Å². The monoisotopic (exact) mass is 351 g/mol. The molecule has 0 fully saturated rings. The molecule has 0 spiro atoms. The van der Waals surface area contributed by atoms with Gasteiger partial charge in [-0.3, -0.25) is 9.20 Å². The second kappa shape index (κ2) is 7.24. The lowest BCUT2D eigenvalue weighted by atomic mass is 10.2. The Morgan fingerprint density at radius 2 is 2.30 bits per heavy atom.